The molecule has 1 atom stereocenters. The lowest BCUT2D eigenvalue weighted by molar-refractivity contribution is -0.303. The molecule has 2 aliphatic rings. The predicted molar refractivity (Wildman–Crippen MR) is 130 cm³/mol. The summed E-state index contributed by atoms with van der Waals surface area (Å²) in [6, 6.07) is 9.18. The van der Waals surface area contributed by atoms with Crippen LogP contribution in [0.2, 0.25) is 0 Å². The Morgan fingerprint density at radius 2 is 1.86 bits per heavy atom. The normalized spacial score (nSPS) is 18.4. The molecular weight excluding hydrogens is 487 g/mol. The van der Waals surface area contributed by atoms with E-state index < -0.39 is 12.3 Å². The number of hydrogen-bond acceptors (Lipinski definition) is 4. The van der Waals surface area contributed by atoms with E-state index in [1.165, 1.54) is 18.6 Å². The molecule has 2 N–H and O–H groups in total. The molecule has 0 bridgehead atoms. The van der Waals surface area contributed by atoms with Gasteiger partial charge in [-0.15, -0.1) is 13.2 Å². The zero-order valence-electron chi connectivity index (χ0n) is 20.3. The van der Waals surface area contributed by atoms with Crippen LogP contribution >= 0.6 is 0 Å². The van der Waals surface area contributed by atoms with Crippen LogP contribution in [-0.4, -0.2) is 39.7 Å². The van der Waals surface area contributed by atoms with Crippen molar-refractivity contribution >= 4 is 11.9 Å². The maximum absolute atomic E-state index is 12.5. The maximum atomic E-state index is 12.5. The number of amides is 1. The van der Waals surface area contributed by atoms with Crippen LogP contribution in [-0.2, 0) is 16.1 Å². The van der Waals surface area contributed by atoms with Crippen molar-refractivity contribution in [2.45, 2.75) is 69.7 Å². The first kappa shape index (κ1) is 26.5. The molecule has 0 saturated heterocycles. The average molecular weight is 518 g/mol. The summed E-state index contributed by atoms with van der Waals surface area (Å²) in [6.45, 7) is 0.562. The van der Waals surface area contributed by atoms with Crippen LogP contribution in [0, 0.1) is 0 Å². The van der Waals surface area contributed by atoms with Crippen LogP contribution in [0.1, 0.15) is 84.1 Å². The lowest BCUT2D eigenvalue weighted by Gasteiger charge is -2.22. The second kappa shape index (κ2) is 11.7. The van der Waals surface area contributed by atoms with Crippen molar-refractivity contribution in [2.75, 3.05) is 6.54 Å². The molecule has 4 rings (SSSR count). The van der Waals surface area contributed by atoms with Gasteiger partial charge in [-0.3, -0.25) is 14.3 Å². The van der Waals surface area contributed by atoms with Gasteiger partial charge in [0.05, 0.1) is 18.7 Å². The second-order valence-corrected chi connectivity index (χ2v) is 9.44. The number of carbonyl (C=O) groups is 2. The molecule has 1 amide bonds. The fourth-order valence-electron chi connectivity index (χ4n) is 4.84. The number of nitrogens with zero attached hydrogens (tertiary/aromatic N) is 2. The molecule has 0 aliphatic heterocycles. The average Bonchev–Trinajstić information content (AvgIpc) is 3.28. The molecule has 2 aliphatic carbocycles. The molecule has 1 aromatic heterocycles. The number of rotatable bonds is 9. The summed E-state index contributed by atoms with van der Waals surface area (Å²) in [6.07, 6.45) is 5.68. The number of hydrogen-bond donors (Lipinski definition) is 2. The standard InChI is InChI=1S/C27H30F3N3O4/c28-27(29,30)37-22-12-10-19(11-13-22)23-16-24(20-4-2-1-3-5-20)33(32-23)17-18-6-8-21(9-7-18)26(36)31-15-14-25(34)35/h6-10,12-13,16,19-20H,1-5,11,14-15,17H2,(H,31,36)(H,34,35). The number of allylic oxidation sites excluding steroid dienone is 3. The first-order valence-corrected chi connectivity index (χ1v) is 12.5. The van der Waals surface area contributed by atoms with Crippen molar-refractivity contribution in [1.82, 2.24) is 15.1 Å². The number of aromatic nitrogens is 2. The Balaban J connectivity index is 1.48. The van der Waals surface area contributed by atoms with Crippen molar-refractivity contribution < 1.29 is 32.6 Å². The zero-order valence-corrected chi connectivity index (χ0v) is 20.3. The molecule has 1 fully saturated rings. The quantitative estimate of drug-likeness (QED) is 0.449. The van der Waals surface area contributed by atoms with E-state index in [2.05, 4.69) is 16.1 Å². The SMILES string of the molecule is O=C(O)CCNC(=O)c1ccc(Cn2nc(C3C=CC(OC(F)(F)F)=CC3)cc2C2CCCCC2)cc1. The van der Waals surface area contributed by atoms with E-state index in [1.54, 1.807) is 18.2 Å². The Morgan fingerprint density at radius 3 is 2.49 bits per heavy atom. The third kappa shape index (κ3) is 7.47. The van der Waals surface area contributed by atoms with E-state index in [4.69, 9.17) is 10.2 Å². The van der Waals surface area contributed by atoms with Gasteiger partial charge in [0.15, 0.2) is 0 Å². The van der Waals surface area contributed by atoms with E-state index in [0.29, 0.717) is 24.4 Å². The summed E-state index contributed by atoms with van der Waals surface area (Å²) >= 11 is 0. The maximum Gasteiger partial charge on any atom is 0.573 e. The van der Waals surface area contributed by atoms with E-state index >= 15 is 0 Å². The molecular formula is C27H30F3N3O4. The summed E-state index contributed by atoms with van der Waals surface area (Å²) in [7, 11) is 0. The molecule has 1 heterocycles. The lowest BCUT2D eigenvalue weighted by atomic mass is 9.86. The van der Waals surface area contributed by atoms with Crippen molar-refractivity contribution in [2.24, 2.45) is 0 Å². The Labute approximate surface area is 213 Å². The fourth-order valence-corrected chi connectivity index (χ4v) is 4.84. The number of nitrogens with one attached hydrogen (secondary N) is 1. The molecule has 2 aromatic rings. The second-order valence-electron chi connectivity index (χ2n) is 9.44. The highest BCUT2D eigenvalue weighted by Gasteiger charge is 2.32. The topological polar surface area (TPSA) is 93.5 Å². The number of carbonyl (C=O) groups excluding carboxylic acids is 1. The Morgan fingerprint density at radius 1 is 1.14 bits per heavy atom. The van der Waals surface area contributed by atoms with Crippen LogP contribution in [0.5, 0.6) is 0 Å². The third-order valence-electron chi connectivity index (χ3n) is 6.71. The lowest BCUT2D eigenvalue weighted by Crippen LogP contribution is -2.25. The minimum absolute atomic E-state index is 0.0609. The first-order chi connectivity index (χ1) is 17.7. The van der Waals surface area contributed by atoms with Gasteiger partial charge in [-0.05, 0) is 55.2 Å². The number of ether oxygens (including phenoxy) is 1. The van der Waals surface area contributed by atoms with Gasteiger partial charge in [0.1, 0.15) is 5.76 Å². The highest BCUT2D eigenvalue weighted by molar-refractivity contribution is 5.94. The van der Waals surface area contributed by atoms with E-state index in [-0.39, 0.29) is 30.5 Å². The first-order valence-electron chi connectivity index (χ1n) is 12.5. The van der Waals surface area contributed by atoms with E-state index in [0.717, 1.165) is 42.6 Å². The van der Waals surface area contributed by atoms with Crippen LogP contribution in [0.4, 0.5) is 13.2 Å². The van der Waals surface area contributed by atoms with Crippen LogP contribution in [0.15, 0.2) is 54.3 Å². The molecule has 0 radical (unpaired) electrons. The van der Waals surface area contributed by atoms with Gasteiger partial charge < -0.3 is 15.2 Å². The van der Waals surface area contributed by atoms with Gasteiger partial charge in [-0.25, -0.2) is 0 Å². The summed E-state index contributed by atoms with van der Waals surface area (Å²) < 4.78 is 43.6. The largest absolute Gasteiger partial charge is 0.573 e. The highest BCUT2D eigenvalue weighted by Crippen LogP contribution is 2.36. The minimum Gasteiger partial charge on any atom is -0.481 e. The van der Waals surface area contributed by atoms with Gasteiger partial charge >= 0.3 is 12.3 Å². The molecule has 198 valence electrons. The Bertz CT molecular complexity index is 1160. The number of halogens is 3. The Kier molecular flexibility index (Phi) is 8.35. The summed E-state index contributed by atoms with van der Waals surface area (Å²) in [5, 5.41) is 16.2. The van der Waals surface area contributed by atoms with Crippen LogP contribution in [0.3, 0.4) is 0 Å². The van der Waals surface area contributed by atoms with Crippen molar-refractivity contribution in [3.8, 4) is 0 Å². The smallest absolute Gasteiger partial charge is 0.481 e. The summed E-state index contributed by atoms with van der Waals surface area (Å²) in [5.41, 5.74) is 3.33. The number of carboxylic acid groups (broad SMARTS) is 1. The molecule has 1 aromatic carbocycles. The van der Waals surface area contributed by atoms with Crippen LogP contribution in [0.25, 0.3) is 0 Å². The fraction of sp³-hybridized carbons (Fsp3) is 0.444. The van der Waals surface area contributed by atoms with E-state index in [9.17, 15) is 22.8 Å². The van der Waals surface area contributed by atoms with Gasteiger partial charge in [0.2, 0.25) is 0 Å². The molecule has 1 saturated carbocycles. The van der Waals surface area contributed by atoms with Gasteiger partial charge in [0.25, 0.3) is 5.91 Å². The third-order valence-corrected chi connectivity index (χ3v) is 6.71. The number of carboxylic acids is 1. The molecule has 37 heavy (non-hydrogen) atoms. The molecule has 1 unspecified atom stereocenters. The van der Waals surface area contributed by atoms with Gasteiger partial charge in [-0.2, -0.15) is 5.10 Å². The van der Waals surface area contributed by atoms with E-state index in [1.807, 2.05) is 16.8 Å². The van der Waals surface area contributed by atoms with Crippen molar-refractivity contribution in [1.29, 1.82) is 0 Å². The zero-order chi connectivity index (χ0) is 26.4. The Hall–Kier alpha value is -3.56. The van der Waals surface area contributed by atoms with Crippen molar-refractivity contribution in [3.63, 3.8) is 0 Å². The number of alkyl halides is 3. The van der Waals surface area contributed by atoms with Gasteiger partial charge in [-0.1, -0.05) is 37.5 Å². The van der Waals surface area contributed by atoms with Crippen molar-refractivity contribution in [3.05, 3.63) is 76.8 Å². The monoisotopic (exact) mass is 517 g/mol. The summed E-state index contributed by atoms with van der Waals surface area (Å²) in [5.74, 6) is -1.27. The highest BCUT2D eigenvalue weighted by atomic mass is 19.4. The number of benzene rings is 1. The van der Waals surface area contributed by atoms with Crippen LogP contribution < -0.4 is 5.32 Å². The minimum atomic E-state index is -4.71. The van der Waals surface area contributed by atoms with Gasteiger partial charge in [0, 0.05) is 29.6 Å². The predicted octanol–water partition coefficient (Wildman–Crippen LogP) is 5.65. The number of aliphatic carboxylic acids is 1. The molecule has 10 heteroatoms. The molecule has 7 nitrogen and oxygen atoms in total. The summed E-state index contributed by atoms with van der Waals surface area (Å²) in [4.78, 5) is 22.9. The molecule has 0 spiro atoms.